The minimum Gasteiger partial charge on any atom is -0.459 e. The van der Waals surface area contributed by atoms with Crippen molar-refractivity contribution in [3.8, 4) is 90.5 Å². The molecule has 15 aromatic carbocycles. The Morgan fingerprint density at radius 3 is 0.885 bits per heavy atom. The van der Waals surface area contributed by atoms with Gasteiger partial charge in [0.25, 0.3) is 23.6 Å². The number of hydrogen-bond donors (Lipinski definition) is 0. The lowest BCUT2D eigenvalue weighted by atomic mass is 9.80. The molecule has 6 aliphatic rings. The predicted octanol–water partition coefficient (Wildman–Crippen LogP) is 21.1. The van der Waals surface area contributed by atoms with Crippen LogP contribution in [0.3, 0.4) is 0 Å². The number of imide groups is 2. The summed E-state index contributed by atoms with van der Waals surface area (Å²) >= 11 is 0. The van der Waals surface area contributed by atoms with Crippen molar-refractivity contribution < 1.29 is 100 Å². The van der Waals surface area contributed by atoms with Gasteiger partial charge in [0.05, 0.1) is 71.5 Å². The summed E-state index contributed by atoms with van der Waals surface area (Å²) in [5.41, 5.74) is 7.69. The van der Waals surface area contributed by atoms with E-state index in [-0.39, 0.29) is 210 Å². The lowest BCUT2D eigenvalue weighted by Crippen LogP contribution is -2.55. The van der Waals surface area contributed by atoms with Crippen LogP contribution >= 0.6 is 0 Å². The molecular weight excluding hydrogens is 1870 g/mol. The fourth-order valence-corrected chi connectivity index (χ4v) is 19.6. The maximum absolute atomic E-state index is 17.5. The number of epoxide rings is 4. The molecule has 6 atom stereocenters. The van der Waals surface area contributed by atoms with E-state index in [1.807, 2.05) is 115 Å². The molecule has 17 aromatic rings. The molecule has 0 radical (unpaired) electrons. The normalized spacial score (nSPS) is 16.1. The van der Waals surface area contributed by atoms with Gasteiger partial charge in [-0.15, -0.1) is 0 Å². The molecule has 0 saturated carbocycles. The van der Waals surface area contributed by atoms with E-state index in [0.29, 0.717) is 94.0 Å². The van der Waals surface area contributed by atoms with E-state index in [1.54, 1.807) is 203 Å². The number of likely N-dealkylation sites (N-methyl/N-ethyl adjacent to an activating group) is 2. The van der Waals surface area contributed by atoms with Gasteiger partial charge in [-0.2, -0.15) is 0 Å². The van der Waals surface area contributed by atoms with Crippen LogP contribution in [0.1, 0.15) is 118 Å². The minimum absolute atomic E-state index is 0.00441. The molecule has 0 aliphatic carbocycles. The standard InChI is InChI=1S/C121H92N6O21/c1-124(61-72-17-5-3-6-18-72)117(133)98(47-70-39-43-122-44-40-70)126-113(129)94-57-101(145-86-33-13-25-78(53-86)74-21-9-29-82(49-74)100(128)38-37-90-63-138-90)107-108-102(146-87-34-14-26-79(54-87)75-22-10-30-83(50-75)119(135)142-67-91-64-139-91)58-96-106-97(116(132)127(115(96)131)99(48-71-41-45-123-46-42-71)118(134)125(2)62-73-19-7-4-8-20-73)60-104(148-89-36-16-28-81(56-89)77-24-12-32-85(52-77)121(137)144-69-93-66-141-93)110(112(106)108)109-103(59-95(114(126)130)105(94)111(107)109)147-88-35-15-27-80(55-88)76-23-11-31-84(51-76)120(136)143-68-92-65-140-92/h3-36,39-46,49-60,90-93,98-99H,37-38,47-48,61-69H2,1-2H3. The first-order chi connectivity index (χ1) is 72.3. The number of carbonyl (C=O) groups excluding carboxylic acids is 10. The van der Waals surface area contributed by atoms with Crippen molar-refractivity contribution in [3.05, 3.63) is 395 Å². The molecule has 27 nitrogen and oxygen atoms in total. The Kier molecular flexibility index (Phi) is 25.4. The number of benzene rings is 15. The summed E-state index contributed by atoms with van der Waals surface area (Å²) in [5, 5.41) is 0.513. The highest BCUT2D eigenvalue weighted by Gasteiger charge is 2.48. The quantitative estimate of drug-likeness (QED) is 0.00664. The molecule has 0 spiro atoms. The number of aromatic nitrogens is 2. The van der Waals surface area contributed by atoms with Crippen molar-refractivity contribution >= 4 is 102 Å². The highest BCUT2D eigenvalue weighted by Crippen LogP contribution is 2.59. The number of carbonyl (C=O) groups is 10. The zero-order valence-corrected chi connectivity index (χ0v) is 80.1. The molecule has 4 fully saturated rings. The fraction of sp³-hybridized carbons (Fsp3) is 0.174. The Morgan fingerprint density at radius 2 is 0.588 bits per heavy atom. The number of pyridine rings is 2. The van der Waals surface area contributed by atoms with Crippen LogP contribution in [0.15, 0.2) is 328 Å². The zero-order valence-electron chi connectivity index (χ0n) is 80.1. The molecule has 732 valence electrons. The van der Waals surface area contributed by atoms with Gasteiger partial charge >= 0.3 is 17.9 Å². The third-order valence-corrected chi connectivity index (χ3v) is 27.4. The van der Waals surface area contributed by atoms with Gasteiger partial charge in [0.15, 0.2) is 5.78 Å². The van der Waals surface area contributed by atoms with Gasteiger partial charge in [0, 0.05) is 120 Å². The highest BCUT2D eigenvalue weighted by atomic mass is 16.6. The number of hydrogen-bond acceptors (Lipinski definition) is 23. The Bertz CT molecular complexity index is 7380. The first-order valence-electron chi connectivity index (χ1n) is 48.8. The van der Waals surface area contributed by atoms with E-state index < -0.39 is 65.4 Å². The maximum Gasteiger partial charge on any atom is 0.338 e. The third kappa shape index (κ3) is 19.5. The molecule has 0 N–H and O–H groups in total. The molecule has 4 saturated heterocycles. The number of esters is 3. The first kappa shape index (κ1) is 93.9. The van der Waals surface area contributed by atoms with Crippen molar-refractivity contribution in [1.29, 1.82) is 0 Å². The monoisotopic (exact) mass is 1960 g/mol. The second kappa shape index (κ2) is 40.1. The number of ketones is 1. The van der Waals surface area contributed by atoms with Crippen molar-refractivity contribution in [1.82, 2.24) is 29.6 Å². The Balaban J connectivity index is 0.821. The smallest absolute Gasteiger partial charge is 0.338 e. The van der Waals surface area contributed by atoms with E-state index in [1.165, 1.54) is 34.1 Å². The molecule has 6 aliphatic heterocycles. The molecule has 6 amide bonds. The molecule has 0 bridgehead atoms. The van der Waals surface area contributed by atoms with Gasteiger partial charge in [-0.1, -0.05) is 164 Å². The number of fused-ring (bicyclic) bond motifs is 2. The summed E-state index contributed by atoms with van der Waals surface area (Å²) < 4.78 is 69.6. The number of amides is 6. The van der Waals surface area contributed by atoms with Crippen LogP contribution in [-0.4, -0.2) is 186 Å². The van der Waals surface area contributed by atoms with Crippen LogP contribution in [0.25, 0.3) is 87.6 Å². The number of rotatable bonds is 37. The SMILES string of the molecule is CN(Cc1ccccc1)C(=O)C(Cc1ccncc1)N1C(=O)c2cc(Oc3cccc(-c4cccc(C(=O)CCC5CO5)c4)c3)c3c4c(Oc5cccc(-c6cccc(C(=O)OCC7CO7)c6)c5)cc5c6c(cc(Oc7cccc(-c8cccc(C(=O)OCC9CO9)c8)c7)c(c7c(Oc8cccc(-c9cccc(C(=O)OCC%10CO%10)c9)c8)cc(c2c37)C1=O)c64)C(=O)N(C(Cc1ccncc1)C(=O)N(C)Cc1ccccc1)C5=O. The Labute approximate surface area is 847 Å². The number of Topliss-reactive ketones (excluding diaryl/α,β-unsaturated/α-hetero) is 1. The van der Waals surface area contributed by atoms with Gasteiger partial charge in [-0.25, -0.2) is 14.4 Å². The van der Waals surface area contributed by atoms with Crippen molar-refractivity contribution in [3.63, 3.8) is 0 Å². The molecule has 6 unspecified atom stereocenters. The van der Waals surface area contributed by atoms with Crippen LogP contribution in [0.5, 0.6) is 46.0 Å². The van der Waals surface area contributed by atoms with Gasteiger partial charge in [0.1, 0.15) is 96.2 Å². The van der Waals surface area contributed by atoms with Gasteiger partial charge in [-0.05, 0) is 213 Å². The van der Waals surface area contributed by atoms with Gasteiger partial charge in [-0.3, -0.25) is 53.3 Å². The van der Waals surface area contributed by atoms with Gasteiger partial charge < -0.3 is 61.9 Å². The van der Waals surface area contributed by atoms with E-state index in [9.17, 15) is 19.2 Å². The summed E-state index contributed by atoms with van der Waals surface area (Å²) in [7, 11) is 3.21. The number of ether oxygens (including phenoxy) is 11. The van der Waals surface area contributed by atoms with Crippen molar-refractivity contribution in [2.45, 2.75) is 75.3 Å². The van der Waals surface area contributed by atoms with Crippen molar-refractivity contribution in [2.75, 3.05) is 60.3 Å². The topological polar surface area (TPSA) is 324 Å². The number of nitrogens with zero attached hydrogens (tertiary/aromatic N) is 6. The molecule has 2 aromatic heterocycles. The second-order valence-corrected chi connectivity index (χ2v) is 37.6. The lowest BCUT2D eigenvalue weighted by Gasteiger charge is -2.37. The van der Waals surface area contributed by atoms with Gasteiger partial charge in [0.2, 0.25) is 11.8 Å². The average molecular weight is 1970 g/mol. The summed E-state index contributed by atoms with van der Waals surface area (Å²) in [4.78, 5) is 172. The predicted molar refractivity (Wildman–Crippen MR) is 549 cm³/mol. The Hall–Kier alpha value is -17.8. The third-order valence-electron chi connectivity index (χ3n) is 27.4. The molecule has 23 rings (SSSR count). The summed E-state index contributed by atoms with van der Waals surface area (Å²) in [6.45, 7) is 2.24. The molecular formula is C121H92N6O21. The summed E-state index contributed by atoms with van der Waals surface area (Å²) in [5.74, 6) is -6.69. The van der Waals surface area contributed by atoms with Crippen LogP contribution in [0, 0.1) is 0 Å². The van der Waals surface area contributed by atoms with E-state index in [4.69, 9.17) is 52.1 Å². The zero-order chi connectivity index (χ0) is 101. The van der Waals surface area contributed by atoms with E-state index in [0.717, 1.165) is 20.9 Å². The van der Waals surface area contributed by atoms with Crippen LogP contribution in [0.2, 0.25) is 0 Å². The van der Waals surface area contributed by atoms with E-state index >= 15 is 28.8 Å². The minimum atomic E-state index is -1.59. The Morgan fingerprint density at radius 1 is 0.311 bits per heavy atom. The summed E-state index contributed by atoms with van der Waals surface area (Å²) in [6, 6.07) is 84.3. The fourth-order valence-electron chi connectivity index (χ4n) is 19.6. The largest absolute Gasteiger partial charge is 0.459 e. The molecule has 8 heterocycles. The molecule has 27 heteroatoms. The first-order valence-corrected chi connectivity index (χ1v) is 48.8. The van der Waals surface area contributed by atoms with Crippen LogP contribution < -0.4 is 18.9 Å². The van der Waals surface area contributed by atoms with Crippen molar-refractivity contribution in [2.24, 2.45) is 0 Å². The second-order valence-electron chi connectivity index (χ2n) is 37.6. The van der Waals surface area contributed by atoms with E-state index in [2.05, 4.69) is 9.97 Å². The lowest BCUT2D eigenvalue weighted by molar-refractivity contribution is -0.135. The van der Waals surface area contributed by atoms with Crippen LogP contribution in [0.4, 0.5) is 0 Å². The van der Waals surface area contributed by atoms with Crippen LogP contribution in [-0.2, 0) is 68.7 Å². The average Bonchev–Trinajstić information content (AvgIpc) is 1.39. The highest BCUT2D eigenvalue weighted by molar-refractivity contribution is 6.45. The maximum atomic E-state index is 17.5. The summed E-state index contributed by atoms with van der Waals surface area (Å²) in [6.07, 6.45) is 5.97. The molecule has 148 heavy (non-hydrogen) atoms.